The highest BCUT2D eigenvalue weighted by Gasteiger charge is 2.12. The monoisotopic (exact) mass is 296 g/mol. The molecule has 0 aliphatic rings. The molecule has 0 fully saturated rings. The Bertz CT molecular complexity index is 901. The van der Waals surface area contributed by atoms with Gasteiger partial charge in [0.25, 0.3) is 0 Å². The summed E-state index contributed by atoms with van der Waals surface area (Å²) in [5.41, 5.74) is 3.96. The molecule has 4 heterocycles. The van der Waals surface area contributed by atoms with Gasteiger partial charge < -0.3 is 4.42 Å². The second-order valence-electron chi connectivity index (χ2n) is 4.82. The third kappa shape index (κ3) is 1.95. The first kappa shape index (κ1) is 12.3. The highest BCUT2D eigenvalue weighted by molar-refractivity contribution is 7.20. The van der Waals surface area contributed by atoms with Gasteiger partial charge in [-0.1, -0.05) is 11.3 Å². The van der Waals surface area contributed by atoms with E-state index < -0.39 is 0 Å². The lowest BCUT2D eigenvalue weighted by molar-refractivity contribution is 0.572. The van der Waals surface area contributed by atoms with Gasteiger partial charge in [0, 0.05) is 11.4 Å². The average molecular weight is 296 g/mol. The van der Waals surface area contributed by atoms with Crippen molar-refractivity contribution in [3.8, 4) is 16.7 Å². The predicted molar refractivity (Wildman–Crippen MR) is 81.7 cm³/mol. The number of hydrogen-bond donors (Lipinski definition) is 0. The Morgan fingerprint density at radius 2 is 1.95 bits per heavy atom. The number of aromatic nitrogens is 4. The Hall–Kier alpha value is -2.47. The van der Waals surface area contributed by atoms with Crippen LogP contribution in [-0.4, -0.2) is 19.5 Å². The average Bonchev–Trinajstić information content (AvgIpc) is 3.18. The predicted octanol–water partition coefficient (Wildman–Crippen LogP) is 3.75. The summed E-state index contributed by atoms with van der Waals surface area (Å²) in [6.07, 6.45) is 4.93. The maximum Gasteiger partial charge on any atom is 0.245 e. The molecule has 0 aromatic carbocycles. The van der Waals surface area contributed by atoms with Gasteiger partial charge in [0.05, 0.1) is 17.1 Å². The Labute approximate surface area is 124 Å². The first-order chi connectivity index (χ1) is 10.2. The molecule has 0 saturated carbocycles. The van der Waals surface area contributed by atoms with E-state index in [9.17, 15) is 0 Å². The lowest BCUT2D eigenvalue weighted by Crippen LogP contribution is -1.97. The first-order valence-corrected chi connectivity index (χ1v) is 7.36. The van der Waals surface area contributed by atoms with Crippen LogP contribution >= 0.6 is 11.3 Å². The molecule has 0 amide bonds. The van der Waals surface area contributed by atoms with Gasteiger partial charge in [-0.25, -0.2) is 15.0 Å². The van der Waals surface area contributed by atoms with Crippen molar-refractivity contribution in [3.05, 3.63) is 48.2 Å². The molecule has 6 heteroatoms. The minimum absolute atomic E-state index is 0.528. The van der Waals surface area contributed by atoms with Crippen LogP contribution in [-0.2, 0) is 0 Å². The van der Waals surface area contributed by atoms with Gasteiger partial charge in [0.2, 0.25) is 5.89 Å². The molecule has 4 aromatic heterocycles. The van der Waals surface area contributed by atoms with Gasteiger partial charge in [-0.05, 0) is 32.0 Å². The van der Waals surface area contributed by atoms with E-state index in [-0.39, 0.29) is 0 Å². The van der Waals surface area contributed by atoms with Gasteiger partial charge in [-0.15, -0.1) is 0 Å². The number of rotatable bonds is 2. The number of thiazole rings is 1. The minimum atomic E-state index is 0.528. The summed E-state index contributed by atoms with van der Waals surface area (Å²) in [5, 5.41) is 0.955. The maximum atomic E-state index is 5.29. The van der Waals surface area contributed by atoms with Crippen LogP contribution in [0, 0.1) is 13.8 Å². The smallest absolute Gasteiger partial charge is 0.245 e. The van der Waals surface area contributed by atoms with Crippen LogP contribution in [0.25, 0.3) is 26.9 Å². The summed E-state index contributed by atoms with van der Waals surface area (Å²) in [4.78, 5) is 13.2. The van der Waals surface area contributed by atoms with E-state index in [1.54, 1.807) is 30.0 Å². The molecule has 0 saturated heterocycles. The SMILES string of the molecule is Cc1ccc(C)n1-c1nc2cnc(-c3ncco3)cc2s1. The fourth-order valence-electron chi connectivity index (χ4n) is 2.35. The largest absolute Gasteiger partial charge is 0.443 e. The molecule has 104 valence electrons. The van der Waals surface area contributed by atoms with Crippen molar-refractivity contribution in [2.45, 2.75) is 13.8 Å². The van der Waals surface area contributed by atoms with Crippen LogP contribution in [0.15, 0.2) is 41.3 Å². The number of hydrogen-bond acceptors (Lipinski definition) is 5. The van der Waals surface area contributed by atoms with Crippen molar-refractivity contribution in [3.63, 3.8) is 0 Å². The Balaban J connectivity index is 1.87. The number of nitrogens with zero attached hydrogens (tertiary/aromatic N) is 4. The number of pyridine rings is 1. The molecule has 21 heavy (non-hydrogen) atoms. The van der Waals surface area contributed by atoms with Gasteiger partial charge in [0.1, 0.15) is 17.5 Å². The fraction of sp³-hybridized carbons (Fsp3) is 0.133. The summed E-state index contributed by atoms with van der Waals surface area (Å²) < 4.78 is 8.51. The standard InChI is InChI=1S/C15H12N4OS/c1-9-3-4-10(2)19(9)15-18-12-8-17-11(7-13(12)21-15)14-16-5-6-20-14/h3-8H,1-2H3. The molecule has 0 aliphatic heterocycles. The van der Waals surface area contributed by atoms with Crippen molar-refractivity contribution < 1.29 is 4.42 Å². The van der Waals surface area contributed by atoms with Gasteiger partial charge in [-0.3, -0.25) is 4.57 Å². The molecular weight excluding hydrogens is 284 g/mol. The zero-order valence-electron chi connectivity index (χ0n) is 11.6. The van der Waals surface area contributed by atoms with Gasteiger partial charge in [0.15, 0.2) is 5.13 Å². The highest BCUT2D eigenvalue weighted by atomic mass is 32.1. The van der Waals surface area contributed by atoms with Gasteiger partial charge in [-0.2, -0.15) is 0 Å². The van der Waals surface area contributed by atoms with Crippen LogP contribution in [0.5, 0.6) is 0 Å². The third-order valence-corrected chi connectivity index (χ3v) is 4.38. The summed E-state index contributed by atoms with van der Waals surface area (Å²) >= 11 is 1.64. The second-order valence-corrected chi connectivity index (χ2v) is 5.83. The molecule has 0 spiro atoms. The fourth-order valence-corrected chi connectivity index (χ4v) is 3.45. The number of aryl methyl sites for hydroxylation is 2. The summed E-state index contributed by atoms with van der Waals surface area (Å²) in [7, 11) is 0. The zero-order chi connectivity index (χ0) is 14.4. The van der Waals surface area contributed by atoms with Crippen molar-refractivity contribution >= 4 is 21.6 Å². The van der Waals surface area contributed by atoms with Gasteiger partial charge >= 0.3 is 0 Å². The summed E-state index contributed by atoms with van der Waals surface area (Å²) in [6, 6.07) is 6.16. The minimum Gasteiger partial charge on any atom is -0.443 e. The Morgan fingerprint density at radius 1 is 1.14 bits per heavy atom. The molecule has 0 radical (unpaired) electrons. The molecule has 5 nitrogen and oxygen atoms in total. The normalized spacial score (nSPS) is 11.3. The van der Waals surface area contributed by atoms with Crippen LogP contribution < -0.4 is 0 Å². The lowest BCUT2D eigenvalue weighted by Gasteiger charge is -2.03. The number of oxazole rings is 1. The molecule has 0 aliphatic carbocycles. The van der Waals surface area contributed by atoms with E-state index in [4.69, 9.17) is 4.42 Å². The molecule has 0 bridgehead atoms. The maximum absolute atomic E-state index is 5.29. The number of fused-ring (bicyclic) bond motifs is 1. The van der Waals surface area contributed by atoms with Crippen molar-refractivity contribution in [2.24, 2.45) is 0 Å². The molecular formula is C15H12N4OS. The zero-order valence-corrected chi connectivity index (χ0v) is 12.4. The quantitative estimate of drug-likeness (QED) is 0.565. The Morgan fingerprint density at radius 3 is 2.67 bits per heavy atom. The van der Waals surface area contributed by atoms with E-state index in [2.05, 4.69) is 45.5 Å². The summed E-state index contributed by atoms with van der Waals surface area (Å²) in [6.45, 7) is 4.16. The lowest BCUT2D eigenvalue weighted by atomic mass is 10.3. The van der Waals surface area contributed by atoms with E-state index in [0.29, 0.717) is 5.89 Å². The van der Waals surface area contributed by atoms with Crippen molar-refractivity contribution in [1.82, 2.24) is 19.5 Å². The molecule has 4 aromatic rings. The molecule has 0 atom stereocenters. The first-order valence-electron chi connectivity index (χ1n) is 6.54. The molecule has 0 unspecified atom stereocenters. The van der Waals surface area contributed by atoms with Crippen LogP contribution in [0.3, 0.4) is 0 Å². The topological polar surface area (TPSA) is 56.7 Å². The van der Waals surface area contributed by atoms with Crippen molar-refractivity contribution in [2.75, 3.05) is 0 Å². The van der Waals surface area contributed by atoms with E-state index in [1.807, 2.05) is 6.07 Å². The third-order valence-electron chi connectivity index (χ3n) is 3.38. The van der Waals surface area contributed by atoms with E-state index in [1.165, 1.54) is 11.4 Å². The summed E-state index contributed by atoms with van der Waals surface area (Å²) in [5.74, 6) is 0.528. The van der Waals surface area contributed by atoms with Crippen LogP contribution in [0.2, 0.25) is 0 Å². The van der Waals surface area contributed by atoms with Crippen LogP contribution in [0.1, 0.15) is 11.4 Å². The van der Waals surface area contributed by atoms with E-state index in [0.717, 1.165) is 21.0 Å². The second kappa shape index (κ2) is 4.53. The molecule has 0 N–H and O–H groups in total. The Kier molecular flexibility index (Phi) is 2.65. The highest BCUT2D eigenvalue weighted by Crippen LogP contribution is 2.29. The molecule has 4 rings (SSSR count). The van der Waals surface area contributed by atoms with E-state index >= 15 is 0 Å². The van der Waals surface area contributed by atoms with Crippen molar-refractivity contribution in [1.29, 1.82) is 0 Å². The van der Waals surface area contributed by atoms with Crippen LogP contribution in [0.4, 0.5) is 0 Å².